The summed E-state index contributed by atoms with van der Waals surface area (Å²) in [7, 11) is 4.66. The monoisotopic (exact) mass is 640 g/mol. The van der Waals surface area contributed by atoms with E-state index in [1.165, 1.54) is 26.4 Å². The van der Waals surface area contributed by atoms with Crippen LogP contribution in [0, 0.1) is 5.92 Å². The third-order valence-corrected chi connectivity index (χ3v) is 8.54. The van der Waals surface area contributed by atoms with Gasteiger partial charge in [0.1, 0.15) is 12.4 Å². The van der Waals surface area contributed by atoms with E-state index in [0.717, 1.165) is 16.7 Å². The molecule has 0 spiro atoms. The summed E-state index contributed by atoms with van der Waals surface area (Å²) >= 11 is 0. The molecule has 3 aromatic carbocycles. The van der Waals surface area contributed by atoms with E-state index in [1.807, 2.05) is 38.1 Å². The van der Waals surface area contributed by atoms with E-state index in [4.69, 9.17) is 14.2 Å². The summed E-state index contributed by atoms with van der Waals surface area (Å²) in [5.74, 6) is 1.35. The third-order valence-electron chi connectivity index (χ3n) is 8.54. The largest absolute Gasteiger partial charge is 0.493 e. The first-order valence-electron chi connectivity index (χ1n) is 15.5. The molecule has 0 saturated carbocycles. The number of benzene rings is 2. The Bertz CT molecular complexity index is 1830. The summed E-state index contributed by atoms with van der Waals surface area (Å²) < 4.78 is 17.2. The molecule has 12 heteroatoms. The fourth-order valence-electron chi connectivity index (χ4n) is 6.01. The second kappa shape index (κ2) is 14.4. The van der Waals surface area contributed by atoms with E-state index in [0.29, 0.717) is 59.1 Å². The Labute approximate surface area is 273 Å². The van der Waals surface area contributed by atoms with Gasteiger partial charge < -0.3 is 30.2 Å². The van der Waals surface area contributed by atoms with Gasteiger partial charge in [0.25, 0.3) is 0 Å². The molecule has 47 heavy (non-hydrogen) atoms. The summed E-state index contributed by atoms with van der Waals surface area (Å²) in [6.07, 6.45) is 3.23. The molecule has 2 amide bonds. The van der Waals surface area contributed by atoms with Crippen molar-refractivity contribution in [1.29, 1.82) is 0 Å². The maximum Gasteiger partial charge on any atom is 0.247 e. The first kappa shape index (κ1) is 33.0. The molecule has 5 rings (SSSR count). The van der Waals surface area contributed by atoms with Crippen molar-refractivity contribution in [2.45, 2.75) is 52.1 Å². The van der Waals surface area contributed by atoms with Gasteiger partial charge in [0.15, 0.2) is 17.3 Å². The summed E-state index contributed by atoms with van der Waals surface area (Å²) in [5, 5.41) is 16.0. The summed E-state index contributed by atoms with van der Waals surface area (Å²) in [5.41, 5.74) is 4.28. The number of hydrogen-bond donors (Lipinski definition) is 4. The van der Waals surface area contributed by atoms with E-state index in [-0.39, 0.29) is 28.8 Å². The number of hydrogen-bond acceptors (Lipinski definition) is 9. The van der Waals surface area contributed by atoms with Crippen molar-refractivity contribution in [3.8, 4) is 39.8 Å². The highest BCUT2D eigenvalue weighted by Gasteiger charge is 2.30. The van der Waals surface area contributed by atoms with Crippen molar-refractivity contribution in [2.75, 3.05) is 32.0 Å². The van der Waals surface area contributed by atoms with Gasteiger partial charge >= 0.3 is 0 Å². The molecule has 12 nitrogen and oxygen atoms in total. The zero-order valence-electron chi connectivity index (χ0n) is 27.4. The first-order chi connectivity index (χ1) is 22.7. The van der Waals surface area contributed by atoms with Gasteiger partial charge in [-0.15, -0.1) is 0 Å². The van der Waals surface area contributed by atoms with Crippen molar-refractivity contribution >= 4 is 23.2 Å². The van der Waals surface area contributed by atoms with Crippen molar-refractivity contribution in [1.82, 2.24) is 20.5 Å². The number of nitrogens with zero attached hydrogens (tertiary/aromatic N) is 2. The Morgan fingerprint density at radius 3 is 2.49 bits per heavy atom. The van der Waals surface area contributed by atoms with Gasteiger partial charge in [-0.05, 0) is 65.8 Å². The standard InChI is InChI=1S/C35H40N6O6/c1-7-19(2)31(35(44)39-23-10-8-9-22(15-23)34-36-18-37-41-34)40-27-14-12-24-25(17-28(27)43)26(38-20(3)42)13-11-21-16-29(45-4)32(46-5)33(47-6)30(21)24/h8-10,12,14-19,26,31H,7,11,13H2,1-6H3,(H,38,42)(H,39,44)(H,40,43)(H,36,37,41). The van der Waals surface area contributed by atoms with Crippen molar-refractivity contribution < 1.29 is 23.8 Å². The Balaban J connectivity index is 1.57. The number of fused-ring (bicyclic) bond motifs is 3. The lowest BCUT2D eigenvalue weighted by molar-refractivity contribution is -0.120. The lowest BCUT2D eigenvalue weighted by atomic mass is 9.95. The molecule has 1 aromatic heterocycles. The number of ether oxygens (including phenoxy) is 3. The fraction of sp³-hybridized carbons (Fsp3) is 0.343. The number of rotatable bonds is 11. The van der Waals surface area contributed by atoms with E-state index >= 15 is 0 Å². The van der Waals surface area contributed by atoms with Gasteiger partial charge in [0, 0.05) is 23.7 Å². The number of H-pyrrole nitrogens is 1. The van der Waals surface area contributed by atoms with Gasteiger partial charge in [-0.25, -0.2) is 4.98 Å². The molecule has 0 bridgehead atoms. The van der Waals surface area contributed by atoms with Gasteiger partial charge in [-0.1, -0.05) is 38.5 Å². The molecule has 4 aromatic rings. The van der Waals surface area contributed by atoms with Gasteiger partial charge in [0.05, 0.1) is 33.1 Å². The highest BCUT2D eigenvalue weighted by Crippen LogP contribution is 2.50. The lowest BCUT2D eigenvalue weighted by Crippen LogP contribution is -2.40. The molecular formula is C35H40N6O6. The van der Waals surface area contributed by atoms with Crippen LogP contribution in [-0.4, -0.2) is 54.4 Å². The highest BCUT2D eigenvalue weighted by molar-refractivity contribution is 5.97. The number of amides is 2. The van der Waals surface area contributed by atoms with Crippen LogP contribution >= 0.6 is 0 Å². The number of carbonyl (C=O) groups is 2. The molecule has 0 aliphatic heterocycles. The van der Waals surface area contributed by atoms with Crippen molar-refractivity contribution in [3.05, 3.63) is 76.2 Å². The number of nitrogens with one attached hydrogen (secondary N) is 4. The quantitative estimate of drug-likeness (QED) is 0.175. The maximum atomic E-state index is 13.9. The summed E-state index contributed by atoms with van der Waals surface area (Å²) in [6.45, 7) is 5.40. The van der Waals surface area contributed by atoms with Crippen LogP contribution in [0.25, 0.3) is 22.5 Å². The van der Waals surface area contributed by atoms with E-state index < -0.39 is 12.1 Å². The normalized spacial score (nSPS) is 14.8. The Kier molecular flexibility index (Phi) is 10.1. The van der Waals surface area contributed by atoms with Crippen LogP contribution in [0.2, 0.25) is 0 Å². The van der Waals surface area contributed by atoms with Crippen LogP contribution < -0.4 is 35.6 Å². The van der Waals surface area contributed by atoms with Gasteiger partial charge in [-0.3, -0.25) is 19.5 Å². The van der Waals surface area contributed by atoms with Crippen LogP contribution in [0.3, 0.4) is 0 Å². The maximum absolute atomic E-state index is 13.9. The summed E-state index contributed by atoms with van der Waals surface area (Å²) in [4.78, 5) is 44.2. The second-order valence-electron chi connectivity index (χ2n) is 11.5. The van der Waals surface area contributed by atoms with Crippen LogP contribution in [0.15, 0.2) is 59.7 Å². The molecule has 0 fully saturated rings. The van der Waals surface area contributed by atoms with Gasteiger partial charge in [0.2, 0.25) is 23.0 Å². The molecule has 0 radical (unpaired) electrons. The average molecular weight is 641 g/mol. The number of aryl methyl sites for hydroxylation is 1. The zero-order chi connectivity index (χ0) is 33.7. The van der Waals surface area contributed by atoms with Crippen molar-refractivity contribution in [3.63, 3.8) is 0 Å². The number of carbonyl (C=O) groups excluding carboxylic acids is 2. The SMILES string of the molecule is CCC(C)C(Nc1ccc2c(cc1=O)C(NC(C)=O)CCc1cc(OC)c(OC)c(OC)c1-2)C(=O)Nc1cccc(-c2ncn[nH]2)c1. The van der Waals surface area contributed by atoms with Crippen LogP contribution in [0.1, 0.15) is 50.8 Å². The van der Waals surface area contributed by atoms with Crippen LogP contribution in [-0.2, 0) is 16.0 Å². The minimum atomic E-state index is -0.735. The van der Waals surface area contributed by atoms with E-state index in [9.17, 15) is 14.4 Å². The Morgan fingerprint density at radius 2 is 1.83 bits per heavy atom. The molecule has 1 aliphatic rings. The first-order valence-corrected chi connectivity index (χ1v) is 15.5. The van der Waals surface area contributed by atoms with Crippen LogP contribution in [0.5, 0.6) is 17.2 Å². The highest BCUT2D eigenvalue weighted by atomic mass is 16.5. The zero-order valence-corrected chi connectivity index (χ0v) is 27.4. The smallest absolute Gasteiger partial charge is 0.247 e. The minimum absolute atomic E-state index is 0.125. The summed E-state index contributed by atoms with van der Waals surface area (Å²) in [6, 6.07) is 13.1. The predicted molar refractivity (Wildman–Crippen MR) is 180 cm³/mol. The Morgan fingerprint density at radius 1 is 1.04 bits per heavy atom. The molecular weight excluding hydrogens is 600 g/mol. The second-order valence-corrected chi connectivity index (χ2v) is 11.5. The fourth-order valence-corrected chi connectivity index (χ4v) is 6.01. The van der Waals surface area contributed by atoms with E-state index in [2.05, 4.69) is 31.1 Å². The topological polar surface area (TPSA) is 157 Å². The molecule has 4 N–H and O–H groups in total. The van der Waals surface area contributed by atoms with Crippen LogP contribution in [0.4, 0.5) is 11.4 Å². The number of methoxy groups -OCH3 is 3. The van der Waals surface area contributed by atoms with Crippen molar-refractivity contribution in [2.24, 2.45) is 5.92 Å². The van der Waals surface area contributed by atoms with E-state index in [1.54, 1.807) is 32.4 Å². The Hall–Kier alpha value is -5.39. The molecule has 3 unspecified atom stereocenters. The number of aromatic nitrogens is 3. The minimum Gasteiger partial charge on any atom is -0.493 e. The predicted octanol–water partition coefficient (Wildman–Crippen LogP) is 5.11. The molecule has 1 aliphatic carbocycles. The molecule has 246 valence electrons. The lowest BCUT2D eigenvalue weighted by Gasteiger charge is -2.24. The average Bonchev–Trinajstić information content (AvgIpc) is 3.51. The van der Waals surface area contributed by atoms with Gasteiger partial charge in [-0.2, -0.15) is 5.10 Å². The molecule has 0 saturated heterocycles. The molecule has 3 atom stereocenters. The number of anilines is 2. The number of aromatic amines is 1. The molecule has 1 heterocycles. The third kappa shape index (κ3) is 6.91.